The van der Waals surface area contributed by atoms with Crippen molar-refractivity contribution in [2.45, 2.75) is 13.5 Å². The summed E-state index contributed by atoms with van der Waals surface area (Å²) < 4.78 is 10.2. The summed E-state index contributed by atoms with van der Waals surface area (Å²) in [4.78, 5) is 11.8. The number of carbonyl (C=O) groups excluding carboxylic acids is 1. The van der Waals surface area contributed by atoms with Crippen LogP contribution in [0, 0.1) is 18.3 Å². The molecule has 18 heavy (non-hydrogen) atoms. The topological polar surface area (TPSA) is 63.2 Å². The van der Waals surface area contributed by atoms with Crippen LogP contribution in [-0.4, -0.2) is 5.97 Å². The van der Waals surface area contributed by atoms with Gasteiger partial charge in [-0.3, -0.25) is 0 Å². The van der Waals surface area contributed by atoms with E-state index in [1.54, 1.807) is 37.5 Å². The van der Waals surface area contributed by atoms with Gasteiger partial charge in [0.15, 0.2) is 0 Å². The summed E-state index contributed by atoms with van der Waals surface area (Å²) in [6, 6.07) is 10.1. The number of nitriles is 1. The number of hydrogen-bond donors (Lipinski definition) is 0. The Hall–Kier alpha value is -2.54. The zero-order chi connectivity index (χ0) is 13.0. The van der Waals surface area contributed by atoms with Crippen molar-refractivity contribution in [3.63, 3.8) is 0 Å². The molecule has 0 aliphatic carbocycles. The van der Waals surface area contributed by atoms with Gasteiger partial charge >= 0.3 is 5.97 Å². The van der Waals surface area contributed by atoms with Gasteiger partial charge in [0, 0.05) is 5.56 Å². The van der Waals surface area contributed by atoms with Crippen LogP contribution < -0.4 is 0 Å². The van der Waals surface area contributed by atoms with Crippen LogP contribution in [0.1, 0.15) is 27.2 Å². The molecule has 0 N–H and O–H groups in total. The fourth-order valence-electron chi connectivity index (χ4n) is 1.50. The number of carbonyl (C=O) groups is 1. The molecule has 1 aromatic heterocycles. The number of esters is 1. The first-order chi connectivity index (χ1) is 8.70. The second-order valence-corrected chi connectivity index (χ2v) is 3.77. The van der Waals surface area contributed by atoms with Crippen molar-refractivity contribution in [1.82, 2.24) is 0 Å². The molecule has 0 bridgehead atoms. The highest BCUT2D eigenvalue weighted by molar-refractivity contribution is 5.89. The van der Waals surface area contributed by atoms with Crippen LogP contribution >= 0.6 is 0 Å². The SMILES string of the molecule is Cc1occc1COC(=O)c1cccc(C#N)c1. The van der Waals surface area contributed by atoms with Crippen molar-refractivity contribution in [1.29, 1.82) is 5.26 Å². The van der Waals surface area contributed by atoms with Crippen molar-refractivity contribution in [3.05, 3.63) is 59.0 Å². The minimum atomic E-state index is -0.451. The molecule has 2 aromatic rings. The molecule has 90 valence electrons. The van der Waals surface area contributed by atoms with E-state index in [1.165, 1.54) is 6.07 Å². The van der Waals surface area contributed by atoms with E-state index in [9.17, 15) is 4.79 Å². The van der Waals surface area contributed by atoms with Crippen molar-refractivity contribution in [2.24, 2.45) is 0 Å². The summed E-state index contributed by atoms with van der Waals surface area (Å²) in [6.07, 6.45) is 1.55. The second kappa shape index (κ2) is 5.19. The molecule has 0 radical (unpaired) electrons. The molecule has 2 rings (SSSR count). The molecule has 0 saturated carbocycles. The third kappa shape index (κ3) is 2.58. The molecule has 0 fully saturated rings. The molecule has 0 amide bonds. The highest BCUT2D eigenvalue weighted by Gasteiger charge is 2.09. The van der Waals surface area contributed by atoms with E-state index in [2.05, 4.69) is 0 Å². The van der Waals surface area contributed by atoms with Gasteiger partial charge in [-0.2, -0.15) is 5.26 Å². The Morgan fingerprint density at radius 1 is 1.44 bits per heavy atom. The molecule has 0 aliphatic rings. The molecule has 0 spiro atoms. The number of furan rings is 1. The zero-order valence-corrected chi connectivity index (χ0v) is 9.84. The maximum atomic E-state index is 11.8. The third-order valence-electron chi connectivity index (χ3n) is 2.55. The molecule has 0 aliphatic heterocycles. The predicted molar refractivity (Wildman–Crippen MR) is 63.7 cm³/mol. The third-order valence-corrected chi connectivity index (χ3v) is 2.55. The minimum Gasteiger partial charge on any atom is -0.469 e. The summed E-state index contributed by atoms with van der Waals surface area (Å²) in [5.41, 5.74) is 1.64. The monoisotopic (exact) mass is 241 g/mol. The lowest BCUT2D eigenvalue weighted by atomic mass is 10.1. The summed E-state index contributed by atoms with van der Waals surface area (Å²) in [6.45, 7) is 1.97. The summed E-state index contributed by atoms with van der Waals surface area (Å²) in [7, 11) is 0. The van der Waals surface area contributed by atoms with Crippen LogP contribution in [0.25, 0.3) is 0 Å². The fourth-order valence-corrected chi connectivity index (χ4v) is 1.50. The normalized spacial score (nSPS) is 9.78. The van der Waals surface area contributed by atoms with Gasteiger partial charge in [-0.05, 0) is 31.2 Å². The van der Waals surface area contributed by atoms with Crippen molar-refractivity contribution in [2.75, 3.05) is 0 Å². The number of ether oxygens (including phenoxy) is 1. The number of rotatable bonds is 3. The van der Waals surface area contributed by atoms with Gasteiger partial charge in [0.05, 0.1) is 23.5 Å². The Labute approximate surface area is 104 Å². The van der Waals surface area contributed by atoms with E-state index in [4.69, 9.17) is 14.4 Å². The molecular weight excluding hydrogens is 230 g/mol. The first-order valence-electron chi connectivity index (χ1n) is 5.41. The highest BCUT2D eigenvalue weighted by Crippen LogP contribution is 2.12. The summed E-state index contributed by atoms with van der Waals surface area (Å²) >= 11 is 0. The highest BCUT2D eigenvalue weighted by atomic mass is 16.5. The van der Waals surface area contributed by atoms with E-state index >= 15 is 0 Å². The number of hydrogen-bond acceptors (Lipinski definition) is 4. The summed E-state index contributed by atoms with van der Waals surface area (Å²) in [5, 5.41) is 8.75. The Morgan fingerprint density at radius 3 is 2.94 bits per heavy atom. The van der Waals surface area contributed by atoms with Gasteiger partial charge in [-0.25, -0.2) is 4.79 Å². The standard InChI is InChI=1S/C14H11NO3/c1-10-13(5-6-17-10)9-18-14(16)12-4-2-3-11(7-12)8-15/h2-7H,9H2,1H3. The molecule has 0 atom stereocenters. The summed E-state index contributed by atoms with van der Waals surface area (Å²) in [5.74, 6) is 0.279. The Balaban J connectivity index is 2.04. The van der Waals surface area contributed by atoms with Crippen molar-refractivity contribution < 1.29 is 13.9 Å². The molecular formula is C14H11NO3. The van der Waals surface area contributed by atoms with Gasteiger partial charge < -0.3 is 9.15 Å². The lowest BCUT2D eigenvalue weighted by Crippen LogP contribution is -2.05. The maximum Gasteiger partial charge on any atom is 0.338 e. The number of nitrogens with zero attached hydrogens (tertiary/aromatic N) is 1. The maximum absolute atomic E-state index is 11.8. The molecule has 0 saturated heterocycles. The molecule has 1 heterocycles. The van der Waals surface area contributed by atoms with Crippen molar-refractivity contribution >= 4 is 5.97 Å². The fraction of sp³-hybridized carbons (Fsp3) is 0.143. The smallest absolute Gasteiger partial charge is 0.338 e. The van der Waals surface area contributed by atoms with E-state index in [0.717, 1.165) is 11.3 Å². The molecule has 4 heteroatoms. The van der Waals surface area contributed by atoms with Gasteiger partial charge in [-0.1, -0.05) is 6.07 Å². The lowest BCUT2D eigenvalue weighted by Gasteiger charge is -2.04. The van der Waals surface area contributed by atoms with Gasteiger partial charge in [0.1, 0.15) is 12.4 Å². The number of benzene rings is 1. The van der Waals surface area contributed by atoms with E-state index in [0.29, 0.717) is 11.1 Å². The van der Waals surface area contributed by atoms with Crippen LogP contribution in [0.15, 0.2) is 41.0 Å². The van der Waals surface area contributed by atoms with Gasteiger partial charge in [-0.15, -0.1) is 0 Å². The average Bonchev–Trinajstić information content (AvgIpc) is 2.81. The lowest BCUT2D eigenvalue weighted by molar-refractivity contribution is 0.0471. The van der Waals surface area contributed by atoms with Gasteiger partial charge in [0.25, 0.3) is 0 Å². The molecule has 4 nitrogen and oxygen atoms in total. The largest absolute Gasteiger partial charge is 0.469 e. The quantitative estimate of drug-likeness (QED) is 0.775. The molecule has 1 aromatic carbocycles. The minimum absolute atomic E-state index is 0.165. The van der Waals surface area contributed by atoms with Crippen molar-refractivity contribution in [3.8, 4) is 6.07 Å². The molecule has 0 unspecified atom stereocenters. The second-order valence-electron chi connectivity index (χ2n) is 3.77. The van der Waals surface area contributed by atoms with E-state index in [1.807, 2.05) is 6.07 Å². The first kappa shape index (κ1) is 11.9. The van der Waals surface area contributed by atoms with E-state index < -0.39 is 5.97 Å². The van der Waals surface area contributed by atoms with Crippen LogP contribution in [0.5, 0.6) is 0 Å². The van der Waals surface area contributed by atoms with Gasteiger partial charge in [0.2, 0.25) is 0 Å². The Bertz CT molecular complexity index is 607. The Morgan fingerprint density at radius 2 is 2.28 bits per heavy atom. The average molecular weight is 241 g/mol. The van der Waals surface area contributed by atoms with Crippen LogP contribution in [0.3, 0.4) is 0 Å². The van der Waals surface area contributed by atoms with Crippen LogP contribution in [0.2, 0.25) is 0 Å². The predicted octanol–water partition coefficient (Wildman–Crippen LogP) is 2.82. The van der Waals surface area contributed by atoms with Crippen LogP contribution in [-0.2, 0) is 11.3 Å². The van der Waals surface area contributed by atoms with Crippen LogP contribution in [0.4, 0.5) is 0 Å². The number of aryl methyl sites for hydroxylation is 1. The zero-order valence-electron chi connectivity index (χ0n) is 9.84. The Kier molecular flexibility index (Phi) is 3.44. The van der Waals surface area contributed by atoms with E-state index in [-0.39, 0.29) is 6.61 Å². The first-order valence-corrected chi connectivity index (χ1v) is 5.41.